The van der Waals surface area contributed by atoms with Crippen molar-refractivity contribution in [3.8, 4) is 5.75 Å². The Morgan fingerprint density at radius 1 is 1.12 bits per heavy atom. The van der Waals surface area contributed by atoms with Gasteiger partial charge in [-0.05, 0) is 49.9 Å². The van der Waals surface area contributed by atoms with Crippen LogP contribution in [0.2, 0.25) is 0 Å². The zero-order valence-electron chi connectivity index (χ0n) is 13.4. The molecule has 0 saturated heterocycles. The Balaban J connectivity index is 1.47. The molecule has 6 nitrogen and oxygen atoms in total. The molecule has 2 bridgehead atoms. The molecular weight excluding hydrogens is 310 g/mol. The van der Waals surface area contributed by atoms with Crippen LogP contribution in [0.4, 0.5) is 5.69 Å². The van der Waals surface area contributed by atoms with E-state index >= 15 is 0 Å². The number of hydrogen-bond acceptors (Lipinski definition) is 5. The van der Waals surface area contributed by atoms with Crippen LogP contribution < -0.4 is 5.32 Å². The predicted molar refractivity (Wildman–Crippen MR) is 86.3 cm³/mol. The topological polar surface area (TPSA) is 92.7 Å². The first-order valence-corrected chi connectivity index (χ1v) is 8.32. The molecule has 0 aromatic heterocycles. The Labute approximate surface area is 140 Å². The number of carbonyl (C=O) groups is 3. The Morgan fingerprint density at radius 2 is 1.75 bits per heavy atom. The molecule has 0 radical (unpaired) electrons. The molecule has 2 fully saturated rings. The van der Waals surface area contributed by atoms with Crippen LogP contribution in [0.3, 0.4) is 0 Å². The first-order valence-electron chi connectivity index (χ1n) is 8.32. The summed E-state index contributed by atoms with van der Waals surface area (Å²) in [6, 6.07) is 6.03. The third kappa shape index (κ3) is 3.75. The molecular formula is C18H21NO5. The van der Waals surface area contributed by atoms with E-state index in [9.17, 15) is 19.5 Å². The van der Waals surface area contributed by atoms with Gasteiger partial charge in [-0.2, -0.15) is 0 Å². The highest BCUT2D eigenvalue weighted by Crippen LogP contribution is 2.40. The smallest absolute Gasteiger partial charge is 0.309 e. The second kappa shape index (κ2) is 7.03. The maximum Gasteiger partial charge on any atom is 0.309 e. The number of fused-ring (bicyclic) bond motifs is 2. The summed E-state index contributed by atoms with van der Waals surface area (Å²) in [5.41, 5.74) is 0.520. The van der Waals surface area contributed by atoms with Gasteiger partial charge in [-0.25, -0.2) is 0 Å². The highest BCUT2D eigenvalue weighted by atomic mass is 16.5. The minimum absolute atomic E-state index is 0.0131. The number of phenolic OH excluding ortho intramolecular Hbond substituents is 1. The number of esters is 1. The van der Waals surface area contributed by atoms with Crippen molar-refractivity contribution in [3.63, 3.8) is 0 Å². The number of Topliss-reactive ketones (excluding diaryl/α,β-unsaturated/α-hetero) is 1. The number of ketones is 1. The van der Waals surface area contributed by atoms with Gasteiger partial charge in [0.2, 0.25) is 0 Å². The predicted octanol–water partition coefficient (Wildman–Crippen LogP) is 2.27. The van der Waals surface area contributed by atoms with Gasteiger partial charge in [-0.1, -0.05) is 6.42 Å². The maximum absolute atomic E-state index is 12.2. The summed E-state index contributed by atoms with van der Waals surface area (Å²) in [6.07, 6.45) is 3.88. The number of hydrogen-bond donors (Lipinski definition) is 2. The van der Waals surface area contributed by atoms with Gasteiger partial charge in [-0.15, -0.1) is 0 Å². The second-order valence-electron chi connectivity index (χ2n) is 6.60. The summed E-state index contributed by atoms with van der Waals surface area (Å²) in [5, 5.41) is 11.8. The lowest BCUT2D eigenvalue weighted by atomic mass is 9.67. The summed E-state index contributed by atoms with van der Waals surface area (Å²) < 4.78 is 5.13. The van der Waals surface area contributed by atoms with Crippen molar-refractivity contribution in [1.29, 1.82) is 0 Å². The van der Waals surface area contributed by atoms with E-state index in [2.05, 4.69) is 5.32 Å². The van der Waals surface area contributed by atoms with Crippen LogP contribution in [-0.4, -0.2) is 29.4 Å². The third-order valence-electron chi connectivity index (χ3n) is 4.88. The fourth-order valence-corrected chi connectivity index (χ4v) is 3.67. The number of benzene rings is 1. The Kier molecular flexibility index (Phi) is 4.83. The van der Waals surface area contributed by atoms with E-state index in [-0.39, 0.29) is 36.1 Å². The summed E-state index contributed by atoms with van der Waals surface area (Å²) in [7, 11) is 0. The van der Waals surface area contributed by atoms with Crippen molar-refractivity contribution < 1.29 is 24.2 Å². The normalized spacial score (nSPS) is 25.8. The van der Waals surface area contributed by atoms with Gasteiger partial charge in [0.05, 0.1) is 5.92 Å². The number of anilines is 1. The number of aromatic hydroxyl groups is 1. The third-order valence-corrected chi connectivity index (χ3v) is 4.88. The number of carbonyl (C=O) groups excluding carboxylic acids is 3. The Bertz CT molecular complexity index is 623. The van der Waals surface area contributed by atoms with E-state index in [4.69, 9.17) is 4.74 Å². The average molecular weight is 331 g/mol. The van der Waals surface area contributed by atoms with Crippen LogP contribution in [-0.2, 0) is 19.1 Å². The minimum Gasteiger partial charge on any atom is -0.508 e. The maximum atomic E-state index is 12.2. The van der Waals surface area contributed by atoms with Gasteiger partial charge in [-0.3, -0.25) is 14.4 Å². The Morgan fingerprint density at radius 3 is 2.38 bits per heavy atom. The van der Waals surface area contributed by atoms with E-state index in [1.165, 1.54) is 12.1 Å². The lowest BCUT2D eigenvalue weighted by Gasteiger charge is -2.36. The molecule has 2 atom stereocenters. The van der Waals surface area contributed by atoms with Crippen LogP contribution in [0, 0.1) is 17.8 Å². The SMILES string of the molecule is O=C(COC(=O)C1CC2CCCC(C1)C2=O)Nc1ccc(O)cc1. The molecule has 0 spiro atoms. The van der Waals surface area contributed by atoms with Crippen molar-refractivity contribution in [3.05, 3.63) is 24.3 Å². The largest absolute Gasteiger partial charge is 0.508 e. The number of rotatable bonds is 4. The number of phenols is 1. The number of ether oxygens (including phenoxy) is 1. The molecule has 128 valence electrons. The van der Waals surface area contributed by atoms with Crippen molar-refractivity contribution >= 4 is 23.3 Å². The minimum atomic E-state index is -0.430. The highest BCUT2D eigenvalue weighted by molar-refractivity contribution is 5.93. The first-order chi connectivity index (χ1) is 11.5. The van der Waals surface area contributed by atoms with Gasteiger partial charge >= 0.3 is 5.97 Å². The molecule has 2 saturated carbocycles. The fraction of sp³-hybridized carbons (Fsp3) is 0.500. The lowest BCUT2D eigenvalue weighted by molar-refractivity contribution is -0.155. The molecule has 1 aromatic rings. The van der Waals surface area contributed by atoms with Crippen molar-refractivity contribution in [2.75, 3.05) is 11.9 Å². The molecule has 2 aliphatic carbocycles. The summed E-state index contributed by atoms with van der Waals surface area (Å²) in [5.74, 6) is -0.713. The quantitative estimate of drug-likeness (QED) is 0.652. The van der Waals surface area contributed by atoms with E-state index in [0.29, 0.717) is 24.3 Å². The van der Waals surface area contributed by atoms with Gasteiger partial charge in [0.25, 0.3) is 5.91 Å². The highest BCUT2D eigenvalue weighted by Gasteiger charge is 2.41. The molecule has 2 aliphatic rings. The zero-order valence-corrected chi connectivity index (χ0v) is 13.4. The van der Waals surface area contributed by atoms with E-state index in [1.54, 1.807) is 12.1 Å². The fourth-order valence-electron chi connectivity index (χ4n) is 3.67. The molecule has 0 heterocycles. The van der Waals surface area contributed by atoms with Gasteiger partial charge < -0.3 is 15.2 Å². The monoisotopic (exact) mass is 331 g/mol. The molecule has 2 unspecified atom stereocenters. The van der Waals surface area contributed by atoms with E-state index in [1.807, 2.05) is 0 Å². The number of amides is 1. The summed E-state index contributed by atoms with van der Waals surface area (Å²) in [6.45, 7) is -0.348. The van der Waals surface area contributed by atoms with Crippen LogP contribution in [0.5, 0.6) is 5.75 Å². The van der Waals surface area contributed by atoms with Gasteiger partial charge in [0, 0.05) is 17.5 Å². The Hall–Kier alpha value is -2.37. The number of nitrogens with one attached hydrogen (secondary N) is 1. The molecule has 0 aliphatic heterocycles. The molecule has 6 heteroatoms. The van der Waals surface area contributed by atoms with Gasteiger partial charge in [0.1, 0.15) is 11.5 Å². The first kappa shape index (κ1) is 16.5. The zero-order chi connectivity index (χ0) is 17.1. The average Bonchev–Trinajstić information content (AvgIpc) is 2.54. The standard InChI is InChI=1S/C18H21NO5/c20-15-6-4-14(5-7-15)19-16(21)10-24-18(23)13-8-11-2-1-3-12(9-13)17(11)22/h4-7,11-13,20H,1-3,8-10H2,(H,19,21). The van der Waals surface area contributed by atoms with Crippen LogP contribution in [0.25, 0.3) is 0 Å². The molecule has 24 heavy (non-hydrogen) atoms. The van der Waals surface area contributed by atoms with E-state index in [0.717, 1.165) is 19.3 Å². The summed E-state index contributed by atoms with van der Waals surface area (Å²) >= 11 is 0. The molecule has 1 aromatic carbocycles. The lowest BCUT2D eigenvalue weighted by Crippen LogP contribution is -2.40. The van der Waals surface area contributed by atoms with Crippen LogP contribution >= 0.6 is 0 Å². The van der Waals surface area contributed by atoms with Crippen molar-refractivity contribution in [1.82, 2.24) is 0 Å². The van der Waals surface area contributed by atoms with Gasteiger partial charge in [0.15, 0.2) is 6.61 Å². The molecule has 3 rings (SSSR count). The van der Waals surface area contributed by atoms with Crippen LogP contribution in [0.15, 0.2) is 24.3 Å². The molecule has 1 amide bonds. The van der Waals surface area contributed by atoms with Crippen LogP contribution in [0.1, 0.15) is 32.1 Å². The van der Waals surface area contributed by atoms with Crippen molar-refractivity contribution in [2.24, 2.45) is 17.8 Å². The molecule has 2 N–H and O–H groups in total. The summed E-state index contributed by atoms with van der Waals surface area (Å²) in [4.78, 5) is 36.1. The van der Waals surface area contributed by atoms with Crippen molar-refractivity contribution in [2.45, 2.75) is 32.1 Å². The second-order valence-corrected chi connectivity index (χ2v) is 6.60. The van der Waals surface area contributed by atoms with E-state index < -0.39 is 5.91 Å².